The van der Waals surface area contributed by atoms with Gasteiger partial charge >= 0.3 is 16.4 Å². The molecule has 7 amide bonds. The fourth-order valence-electron chi connectivity index (χ4n) is 6.76. The van der Waals surface area contributed by atoms with E-state index in [0.717, 1.165) is 10.9 Å². The van der Waals surface area contributed by atoms with Crippen molar-refractivity contribution in [1.82, 2.24) is 36.9 Å². The fourth-order valence-corrected chi connectivity index (χ4v) is 8.06. The van der Waals surface area contributed by atoms with Crippen LogP contribution < -0.4 is 41.8 Å². The molecule has 4 aromatic rings. The van der Waals surface area contributed by atoms with Crippen molar-refractivity contribution in [3.05, 3.63) is 102 Å². The van der Waals surface area contributed by atoms with Gasteiger partial charge in [0.2, 0.25) is 41.4 Å². The van der Waals surface area contributed by atoms with Gasteiger partial charge in [-0.3, -0.25) is 42.9 Å². The Morgan fingerprint density at radius 1 is 0.662 bits per heavy atom. The van der Waals surface area contributed by atoms with Crippen LogP contribution in [-0.2, 0) is 68.0 Å². The van der Waals surface area contributed by atoms with Crippen molar-refractivity contribution in [3.63, 3.8) is 0 Å². The molecule has 11 N–H and O–H groups in total. The standard InChI is InChI=1S/C44H54N8O13S3/c1-66-18-16-32(48-37(53)21-27-12-14-29(15-13-27)65-68(62,63)64)41(58)47-25-38(54)49-35(22-28-24-46-31-11-7-6-10-30(28)31)43(60)50-33(17-19-67-2)42(59)52-36(23-39(55)56)44(61)51-34(40(45)57)20-26-8-4-3-5-9-26/h3-15,24,32-36,46H,16-23,25H2,1-2H3,(H2,45,57)(H,47,58)(H,48,53)(H,49,54)(H,50,60)(H,51,61)(H,52,59)(H,55,56)(H,62,63,64)/t32-,33-,34+,35+,36-/m1/s1. The Balaban J connectivity index is 1.48. The van der Waals surface area contributed by atoms with Crippen molar-refractivity contribution in [1.29, 1.82) is 0 Å². The monoisotopic (exact) mass is 998 g/mol. The summed E-state index contributed by atoms with van der Waals surface area (Å²) in [6, 6.07) is 14.4. The van der Waals surface area contributed by atoms with E-state index in [4.69, 9.17) is 10.3 Å². The molecule has 0 saturated heterocycles. The molecule has 0 spiro atoms. The normalized spacial score (nSPS) is 13.4. The second-order valence-corrected chi connectivity index (χ2v) is 18.3. The summed E-state index contributed by atoms with van der Waals surface area (Å²) >= 11 is 2.75. The van der Waals surface area contributed by atoms with Gasteiger partial charge in [-0.2, -0.15) is 31.9 Å². The molecule has 21 nitrogen and oxygen atoms in total. The number of nitrogens with two attached hydrogens (primary N) is 1. The number of carbonyl (C=O) groups is 8. The van der Waals surface area contributed by atoms with Crippen LogP contribution in [-0.4, -0.2) is 131 Å². The van der Waals surface area contributed by atoms with E-state index >= 15 is 0 Å². The van der Waals surface area contributed by atoms with Gasteiger partial charge < -0.3 is 51.9 Å². The third-order valence-electron chi connectivity index (χ3n) is 10.1. The number of amides is 7. The van der Waals surface area contributed by atoms with Crippen LogP contribution in [0.1, 0.15) is 36.0 Å². The van der Waals surface area contributed by atoms with Crippen LogP contribution in [0.15, 0.2) is 85.1 Å². The van der Waals surface area contributed by atoms with Crippen LogP contribution in [0.4, 0.5) is 0 Å². The van der Waals surface area contributed by atoms with Crippen molar-refractivity contribution < 1.29 is 60.6 Å². The first-order chi connectivity index (χ1) is 32.3. The number of carboxylic acid groups (broad SMARTS) is 1. The lowest BCUT2D eigenvalue weighted by Gasteiger charge is -2.26. The number of para-hydroxylation sites is 1. The zero-order valence-corrected chi connectivity index (χ0v) is 39.5. The van der Waals surface area contributed by atoms with Crippen molar-refractivity contribution in [2.45, 2.75) is 68.7 Å². The smallest absolute Gasteiger partial charge is 0.446 e. The van der Waals surface area contributed by atoms with Gasteiger partial charge in [-0.15, -0.1) is 0 Å². The Morgan fingerprint density at radius 3 is 1.84 bits per heavy atom. The predicted molar refractivity (Wildman–Crippen MR) is 255 cm³/mol. The van der Waals surface area contributed by atoms with E-state index in [1.54, 1.807) is 67.2 Å². The zero-order chi connectivity index (χ0) is 49.8. The summed E-state index contributed by atoms with van der Waals surface area (Å²) in [5.74, 6) is -6.56. The Kier molecular flexibility index (Phi) is 21.1. The topological polar surface area (TPSA) is 334 Å². The molecule has 24 heteroatoms. The Bertz CT molecular complexity index is 2510. The van der Waals surface area contributed by atoms with Crippen molar-refractivity contribution in [2.75, 3.05) is 30.6 Å². The van der Waals surface area contributed by atoms with Gasteiger partial charge in [0.25, 0.3) is 0 Å². The molecule has 3 aromatic carbocycles. The quantitative estimate of drug-likeness (QED) is 0.0344. The highest BCUT2D eigenvalue weighted by molar-refractivity contribution is 7.98. The number of fused-ring (bicyclic) bond motifs is 1. The number of rotatable bonds is 28. The van der Waals surface area contributed by atoms with Crippen LogP contribution in [0.5, 0.6) is 5.75 Å². The molecule has 4 rings (SSSR count). The van der Waals surface area contributed by atoms with Gasteiger partial charge in [0.05, 0.1) is 19.4 Å². The van der Waals surface area contributed by atoms with Crippen LogP contribution in [0.3, 0.4) is 0 Å². The maximum Gasteiger partial charge on any atom is 0.446 e. The first kappa shape index (κ1) is 54.0. The minimum Gasteiger partial charge on any atom is -0.481 e. The zero-order valence-electron chi connectivity index (χ0n) is 37.0. The maximum atomic E-state index is 14.2. The lowest BCUT2D eigenvalue weighted by atomic mass is 10.0. The molecule has 0 unspecified atom stereocenters. The lowest BCUT2D eigenvalue weighted by molar-refractivity contribution is -0.141. The van der Waals surface area contributed by atoms with E-state index in [-0.39, 0.29) is 37.9 Å². The second-order valence-electron chi connectivity index (χ2n) is 15.3. The molecular formula is C44H54N8O13S3. The Hall–Kier alpha value is -6.63. The average Bonchev–Trinajstić information content (AvgIpc) is 3.70. The van der Waals surface area contributed by atoms with Crippen LogP contribution in [0.2, 0.25) is 0 Å². The third-order valence-corrected chi connectivity index (χ3v) is 11.8. The molecule has 0 fully saturated rings. The highest BCUT2D eigenvalue weighted by Crippen LogP contribution is 2.20. The third kappa shape index (κ3) is 18.2. The number of H-pyrrole nitrogens is 1. The van der Waals surface area contributed by atoms with Gasteiger partial charge in [0.1, 0.15) is 36.0 Å². The lowest BCUT2D eigenvalue weighted by Crippen LogP contribution is -2.59. The number of carboxylic acids is 1. The minimum absolute atomic E-state index is 0.00993. The van der Waals surface area contributed by atoms with Crippen LogP contribution in [0, 0.1) is 0 Å². The van der Waals surface area contributed by atoms with E-state index in [2.05, 4.69) is 41.1 Å². The molecular weight excluding hydrogens is 945 g/mol. The van der Waals surface area contributed by atoms with E-state index in [9.17, 15) is 51.9 Å². The number of hydrogen-bond acceptors (Lipinski definition) is 13. The number of aromatic nitrogens is 1. The first-order valence-corrected chi connectivity index (χ1v) is 25.1. The second kappa shape index (κ2) is 26.6. The molecule has 0 saturated carbocycles. The first-order valence-electron chi connectivity index (χ1n) is 21.0. The molecule has 366 valence electrons. The van der Waals surface area contributed by atoms with Crippen molar-refractivity contribution in [3.8, 4) is 5.75 Å². The molecule has 0 bridgehead atoms. The number of benzene rings is 3. The number of thioether (sulfide) groups is 2. The summed E-state index contributed by atoms with van der Waals surface area (Å²) in [7, 11) is -4.75. The van der Waals surface area contributed by atoms with Crippen molar-refractivity contribution >= 4 is 92.1 Å². The number of primary amides is 1. The predicted octanol–water partition coefficient (Wildman–Crippen LogP) is 0.384. The van der Waals surface area contributed by atoms with Crippen LogP contribution in [0.25, 0.3) is 10.9 Å². The number of aromatic amines is 1. The summed E-state index contributed by atoms with van der Waals surface area (Å²) in [6.07, 6.45) is 4.21. The van der Waals surface area contributed by atoms with E-state index in [0.29, 0.717) is 28.2 Å². The molecule has 1 heterocycles. The maximum absolute atomic E-state index is 14.2. The average molecular weight is 999 g/mol. The highest BCUT2D eigenvalue weighted by atomic mass is 32.3. The van der Waals surface area contributed by atoms with Gasteiger partial charge in [0.15, 0.2) is 0 Å². The Morgan fingerprint density at radius 2 is 1.22 bits per heavy atom. The summed E-state index contributed by atoms with van der Waals surface area (Å²) < 4.78 is 35.3. The highest BCUT2D eigenvalue weighted by Gasteiger charge is 2.33. The van der Waals surface area contributed by atoms with E-state index < -0.39 is 101 Å². The van der Waals surface area contributed by atoms with Gasteiger partial charge in [-0.1, -0.05) is 60.7 Å². The van der Waals surface area contributed by atoms with E-state index in [1.807, 2.05) is 6.07 Å². The molecule has 5 atom stereocenters. The molecule has 1 aromatic heterocycles. The molecule has 0 radical (unpaired) electrons. The molecule has 0 aliphatic rings. The SMILES string of the molecule is CSCC[C@@H](NC(=O)Cc1ccc(OS(=O)(=O)O)cc1)C(=O)NCC(=O)N[C@@H](Cc1c[nH]c2ccccc12)C(=O)N[C@H](CCSC)C(=O)N[C@H](CC(=O)O)C(=O)N[C@@H](Cc1ccccc1)C(N)=O. The minimum atomic E-state index is -4.75. The molecule has 0 aliphatic carbocycles. The van der Waals surface area contributed by atoms with Gasteiger partial charge in [-0.05, 0) is 71.7 Å². The summed E-state index contributed by atoms with van der Waals surface area (Å²) in [4.78, 5) is 109. The largest absolute Gasteiger partial charge is 0.481 e. The van der Waals surface area contributed by atoms with Gasteiger partial charge in [-0.25, -0.2) is 0 Å². The van der Waals surface area contributed by atoms with Crippen LogP contribution >= 0.6 is 23.5 Å². The summed E-state index contributed by atoms with van der Waals surface area (Å²) in [6.45, 7) is -0.629. The summed E-state index contributed by atoms with van der Waals surface area (Å²) in [5, 5.41) is 25.6. The van der Waals surface area contributed by atoms with E-state index in [1.165, 1.54) is 47.8 Å². The fraction of sp³-hybridized carbons (Fsp3) is 0.364. The van der Waals surface area contributed by atoms with Crippen molar-refractivity contribution in [2.24, 2.45) is 5.73 Å². The van der Waals surface area contributed by atoms with Gasteiger partial charge in [0, 0.05) is 29.9 Å². The number of hydrogen-bond donors (Lipinski definition) is 10. The number of aliphatic carboxylic acids is 1. The Labute approximate surface area is 400 Å². The summed E-state index contributed by atoms with van der Waals surface area (Å²) in [5.41, 5.74) is 8.00. The number of nitrogens with one attached hydrogen (secondary N) is 7. The molecule has 68 heavy (non-hydrogen) atoms. The number of carbonyl (C=O) groups excluding carboxylic acids is 7. The molecule has 0 aliphatic heterocycles.